The molecule has 0 radical (unpaired) electrons. The molecule has 0 amide bonds. The number of hydrogen-bond acceptors (Lipinski definition) is 4. The molecule has 3 aromatic carbocycles. The molecule has 0 spiro atoms. The third-order valence-corrected chi connectivity index (χ3v) is 4.39. The molecule has 0 aliphatic carbocycles. The maximum absolute atomic E-state index is 13.4. The van der Waals surface area contributed by atoms with Crippen molar-refractivity contribution < 1.29 is 4.39 Å². The summed E-state index contributed by atoms with van der Waals surface area (Å²) in [4.78, 5) is 8.86. The number of benzene rings is 3. The highest BCUT2D eigenvalue weighted by molar-refractivity contribution is 6.00. The van der Waals surface area contributed by atoms with Crippen molar-refractivity contribution in [3.63, 3.8) is 0 Å². The van der Waals surface area contributed by atoms with Crippen LogP contribution in [-0.4, -0.2) is 9.97 Å². The number of aromatic nitrogens is 2. The van der Waals surface area contributed by atoms with E-state index in [0.717, 1.165) is 32.9 Å². The smallest absolute Gasteiger partial charge is 0.166 e. The van der Waals surface area contributed by atoms with E-state index in [9.17, 15) is 4.39 Å². The predicted molar refractivity (Wildman–Crippen MR) is 99.7 cm³/mol. The molecule has 1 heterocycles. The maximum atomic E-state index is 13.4. The molecule has 4 nitrogen and oxygen atoms in total. The van der Waals surface area contributed by atoms with E-state index in [1.54, 1.807) is 12.1 Å². The Hall–Kier alpha value is -3.21. The molecule has 25 heavy (non-hydrogen) atoms. The first kappa shape index (κ1) is 15.3. The topological polar surface area (TPSA) is 77.8 Å². The summed E-state index contributed by atoms with van der Waals surface area (Å²) in [6, 6.07) is 16.7. The standard InChI is InChI=1S/C20H17FN4/c21-14-6-3-4-12(10-14)8-9-16-15-7-2-1-5-13(15)11-17-18(16)25-20(23)19(22)24-17/h1-7,10-11H,8-9H2,(H2,22,24)(H2,23,25). The molecule has 0 saturated heterocycles. The molecule has 124 valence electrons. The van der Waals surface area contributed by atoms with Gasteiger partial charge in [0.15, 0.2) is 11.6 Å². The van der Waals surface area contributed by atoms with Crippen molar-refractivity contribution in [3.8, 4) is 0 Å². The summed E-state index contributed by atoms with van der Waals surface area (Å²) in [6.45, 7) is 0. The molecular weight excluding hydrogens is 315 g/mol. The number of nitrogen functional groups attached to an aromatic ring is 2. The van der Waals surface area contributed by atoms with Gasteiger partial charge in [-0.25, -0.2) is 14.4 Å². The number of anilines is 2. The minimum absolute atomic E-state index is 0.225. The molecule has 5 heteroatoms. The lowest BCUT2D eigenvalue weighted by molar-refractivity contribution is 0.625. The van der Waals surface area contributed by atoms with Crippen LogP contribution in [0.3, 0.4) is 0 Å². The largest absolute Gasteiger partial charge is 0.381 e. The van der Waals surface area contributed by atoms with Crippen LogP contribution in [0.1, 0.15) is 11.1 Å². The summed E-state index contributed by atoms with van der Waals surface area (Å²) in [5, 5.41) is 2.17. The van der Waals surface area contributed by atoms with Crippen LogP contribution in [0, 0.1) is 5.82 Å². The van der Waals surface area contributed by atoms with Crippen molar-refractivity contribution >= 4 is 33.4 Å². The average molecular weight is 332 g/mol. The number of hydrogen-bond donors (Lipinski definition) is 2. The molecule has 4 N–H and O–H groups in total. The third-order valence-electron chi connectivity index (χ3n) is 4.39. The fourth-order valence-corrected chi connectivity index (χ4v) is 3.19. The van der Waals surface area contributed by atoms with Crippen molar-refractivity contribution in [1.82, 2.24) is 9.97 Å². The SMILES string of the molecule is Nc1nc2cc3ccccc3c(CCc3cccc(F)c3)c2nc1N. The lowest BCUT2D eigenvalue weighted by atomic mass is 9.96. The van der Waals surface area contributed by atoms with Crippen LogP contribution in [0.25, 0.3) is 21.8 Å². The van der Waals surface area contributed by atoms with E-state index in [1.807, 2.05) is 30.3 Å². The van der Waals surface area contributed by atoms with Crippen molar-refractivity contribution in [2.45, 2.75) is 12.8 Å². The average Bonchev–Trinajstić information content (AvgIpc) is 2.60. The predicted octanol–water partition coefficient (Wildman–Crippen LogP) is 3.87. The molecular formula is C20H17FN4. The van der Waals surface area contributed by atoms with Gasteiger partial charge in [-0.05, 0) is 52.9 Å². The summed E-state index contributed by atoms with van der Waals surface area (Å²) in [5.41, 5.74) is 15.2. The van der Waals surface area contributed by atoms with Gasteiger partial charge in [0.1, 0.15) is 5.82 Å². The van der Waals surface area contributed by atoms with Crippen LogP contribution in [0.5, 0.6) is 0 Å². The van der Waals surface area contributed by atoms with Crippen molar-refractivity contribution in [3.05, 3.63) is 71.5 Å². The molecule has 0 saturated carbocycles. The summed E-state index contributed by atoms with van der Waals surface area (Å²) in [6.07, 6.45) is 1.41. The Balaban J connectivity index is 1.87. The highest BCUT2D eigenvalue weighted by Crippen LogP contribution is 2.29. The van der Waals surface area contributed by atoms with Gasteiger partial charge in [0.25, 0.3) is 0 Å². The summed E-state index contributed by atoms with van der Waals surface area (Å²) in [7, 11) is 0. The first-order chi connectivity index (χ1) is 12.1. The summed E-state index contributed by atoms with van der Waals surface area (Å²) < 4.78 is 13.4. The molecule has 0 atom stereocenters. The van der Waals surface area contributed by atoms with Crippen LogP contribution >= 0.6 is 0 Å². The zero-order chi connectivity index (χ0) is 17.4. The van der Waals surface area contributed by atoms with E-state index in [0.29, 0.717) is 12.8 Å². The fraction of sp³-hybridized carbons (Fsp3) is 0.100. The fourth-order valence-electron chi connectivity index (χ4n) is 3.19. The van der Waals surface area contributed by atoms with Crippen LogP contribution in [-0.2, 0) is 12.8 Å². The lowest BCUT2D eigenvalue weighted by Gasteiger charge is -2.12. The second kappa shape index (κ2) is 6.02. The van der Waals surface area contributed by atoms with E-state index < -0.39 is 0 Å². The molecule has 0 aliphatic rings. The normalized spacial score (nSPS) is 11.2. The number of fused-ring (bicyclic) bond motifs is 2. The zero-order valence-electron chi connectivity index (χ0n) is 13.5. The van der Waals surface area contributed by atoms with Gasteiger partial charge in [-0.1, -0.05) is 36.4 Å². The Bertz CT molecular complexity index is 1090. The molecule has 0 bridgehead atoms. The highest BCUT2D eigenvalue weighted by atomic mass is 19.1. The van der Waals surface area contributed by atoms with E-state index in [2.05, 4.69) is 16.0 Å². The van der Waals surface area contributed by atoms with Crippen molar-refractivity contribution in [1.29, 1.82) is 0 Å². The molecule has 1 aromatic heterocycles. The summed E-state index contributed by atoms with van der Waals surface area (Å²) in [5.74, 6) is 0.241. The van der Waals surface area contributed by atoms with Crippen molar-refractivity contribution in [2.24, 2.45) is 0 Å². The maximum Gasteiger partial charge on any atom is 0.166 e. The molecule has 0 aliphatic heterocycles. The molecule has 4 rings (SSSR count). The van der Waals surface area contributed by atoms with Gasteiger partial charge < -0.3 is 11.5 Å². The van der Waals surface area contributed by atoms with Gasteiger partial charge in [-0.2, -0.15) is 0 Å². The van der Waals surface area contributed by atoms with Crippen LogP contribution in [0.4, 0.5) is 16.0 Å². The lowest BCUT2D eigenvalue weighted by Crippen LogP contribution is -2.04. The number of halogens is 1. The minimum atomic E-state index is -0.225. The van der Waals surface area contributed by atoms with E-state index in [1.165, 1.54) is 6.07 Å². The number of aryl methyl sites for hydroxylation is 2. The molecule has 0 fully saturated rings. The van der Waals surface area contributed by atoms with Crippen LogP contribution in [0.15, 0.2) is 54.6 Å². The van der Waals surface area contributed by atoms with E-state index in [4.69, 9.17) is 11.5 Å². The quantitative estimate of drug-likeness (QED) is 0.558. The Morgan fingerprint density at radius 3 is 2.48 bits per heavy atom. The number of nitrogens with zero attached hydrogens (tertiary/aromatic N) is 2. The Labute approximate surface area is 144 Å². The van der Waals surface area contributed by atoms with E-state index in [-0.39, 0.29) is 17.5 Å². The zero-order valence-corrected chi connectivity index (χ0v) is 13.5. The van der Waals surface area contributed by atoms with Gasteiger partial charge in [0, 0.05) is 0 Å². The Morgan fingerprint density at radius 2 is 1.64 bits per heavy atom. The van der Waals surface area contributed by atoms with Gasteiger partial charge >= 0.3 is 0 Å². The molecule has 0 unspecified atom stereocenters. The Morgan fingerprint density at radius 1 is 0.840 bits per heavy atom. The van der Waals surface area contributed by atoms with Gasteiger partial charge in [0.2, 0.25) is 0 Å². The van der Waals surface area contributed by atoms with Crippen LogP contribution < -0.4 is 11.5 Å². The highest BCUT2D eigenvalue weighted by Gasteiger charge is 2.12. The van der Waals surface area contributed by atoms with Gasteiger partial charge in [-0.3, -0.25) is 0 Å². The van der Waals surface area contributed by atoms with Crippen molar-refractivity contribution in [2.75, 3.05) is 11.5 Å². The Kier molecular flexibility index (Phi) is 3.69. The number of nitrogens with two attached hydrogens (primary N) is 2. The van der Waals surface area contributed by atoms with Crippen LogP contribution in [0.2, 0.25) is 0 Å². The molecule has 4 aromatic rings. The first-order valence-electron chi connectivity index (χ1n) is 8.09. The summed E-state index contributed by atoms with van der Waals surface area (Å²) >= 11 is 0. The second-order valence-corrected chi connectivity index (χ2v) is 6.07. The number of rotatable bonds is 3. The second-order valence-electron chi connectivity index (χ2n) is 6.07. The van der Waals surface area contributed by atoms with Gasteiger partial charge in [0.05, 0.1) is 11.0 Å². The first-order valence-corrected chi connectivity index (χ1v) is 8.09. The minimum Gasteiger partial charge on any atom is -0.381 e. The monoisotopic (exact) mass is 332 g/mol. The van der Waals surface area contributed by atoms with Gasteiger partial charge in [-0.15, -0.1) is 0 Å². The third kappa shape index (κ3) is 2.85. The van der Waals surface area contributed by atoms with E-state index >= 15 is 0 Å².